The van der Waals surface area contributed by atoms with Crippen LogP contribution in [-0.4, -0.2) is 31.6 Å². The maximum absolute atomic E-state index is 13.9. The molecule has 1 aliphatic heterocycles. The van der Waals surface area contributed by atoms with Gasteiger partial charge in [0.2, 0.25) is 0 Å². The van der Waals surface area contributed by atoms with E-state index in [0.717, 1.165) is 0 Å². The van der Waals surface area contributed by atoms with Gasteiger partial charge in [0.15, 0.2) is 9.84 Å². The quantitative estimate of drug-likeness (QED) is 0.862. The molecule has 0 spiro atoms. The van der Waals surface area contributed by atoms with E-state index in [-0.39, 0.29) is 30.0 Å². The molecule has 4 nitrogen and oxygen atoms in total. The van der Waals surface area contributed by atoms with Gasteiger partial charge >= 0.3 is 0 Å². The van der Waals surface area contributed by atoms with Crippen molar-refractivity contribution in [1.29, 1.82) is 0 Å². The summed E-state index contributed by atoms with van der Waals surface area (Å²) >= 11 is 3.14. The van der Waals surface area contributed by atoms with Crippen LogP contribution in [0, 0.1) is 11.2 Å². The topological polar surface area (TPSA) is 80.4 Å². The fourth-order valence-electron chi connectivity index (χ4n) is 2.48. The minimum Gasteiger partial charge on any atom is -0.388 e. The number of hydrogen-bond acceptors (Lipinski definition) is 4. The van der Waals surface area contributed by atoms with E-state index >= 15 is 0 Å². The number of halogens is 2. The summed E-state index contributed by atoms with van der Waals surface area (Å²) in [6.07, 6.45) is -0.967. The Morgan fingerprint density at radius 1 is 1.53 bits per heavy atom. The zero-order chi connectivity index (χ0) is 14.3. The number of aliphatic hydroxyl groups is 1. The van der Waals surface area contributed by atoms with Crippen LogP contribution < -0.4 is 5.73 Å². The Morgan fingerprint density at radius 2 is 2.21 bits per heavy atom. The number of sulfone groups is 1. The summed E-state index contributed by atoms with van der Waals surface area (Å²) < 4.78 is 37.7. The summed E-state index contributed by atoms with van der Waals surface area (Å²) in [4.78, 5) is 0. The molecule has 1 aromatic carbocycles. The smallest absolute Gasteiger partial charge is 0.151 e. The highest BCUT2D eigenvalue weighted by Gasteiger charge is 2.47. The molecule has 3 N–H and O–H groups in total. The van der Waals surface area contributed by atoms with Crippen molar-refractivity contribution in [3.8, 4) is 0 Å². The van der Waals surface area contributed by atoms with Gasteiger partial charge in [-0.1, -0.05) is 22.0 Å². The van der Waals surface area contributed by atoms with Gasteiger partial charge in [-0.3, -0.25) is 0 Å². The van der Waals surface area contributed by atoms with Gasteiger partial charge in [-0.2, -0.15) is 0 Å². The third kappa shape index (κ3) is 2.84. The predicted octanol–water partition coefficient (Wildman–Crippen LogP) is 1.39. The molecule has 0 aromatic heterocycles. The number of hydrogen-bond donors (Lipinski definition) is 2. The van der Waals surface area contributed by atoms with Crippen LogP contribution in [0.25, 0.3) is 0 Å². The van der Waals surface area contributed by atoms with Crippen molar-refractivity contribution in [3.05, 3.63) is 34.1 Å². The van der Waals surface area contributed by atoms with Gasteiger partial charge in [-0.05, 0) is 18.6 Å². The van der Waals surface area contributed by atoms with Crippen molar-refractivity contribution in [2.24, 2.45) is 11.1 Å². The Labute approximate surface area is 119 Å². The maximum Gasteiger partial charge on any atom is 0.151 e. The average Bonchev–Trinajstić information content (AvgIpc) is 2.65. The molecule has 2 unspecified atom stereocenters. The summed E-state index contributed by atoms with van der Waals surface area (Å²) in [6.45, 7) is 0.00288. The van der Waals surface area contributed by atoms with Crippen LogP contribution in [0.5, 0.6) is 0 Å². The minimum atomic E-state index is -3.21. The molecule has 0 amide bonds. The third-order valence-electron chi connectivity index (χ3n) is 3.66. The van der Waals surface area contributed by atoms with E-state index < -0.39 is 27.2 Å². The van der Waals surface area contributed by atoms with E-state index in [9.17, 15) is 17.9 Å². The second-order valence-electron chi connectivity index (χ2n) is 4.98. The first-order valence-corrected chi connectivity index (χ1v) is 8.45. The summed E-state index contributed by atoms with van der Waals surface area (Å²) in [5, 5.41) is 10.4. The molecule has 1 saturated heterocycles. The van der Waals surface area contributed by atoms with Crippen molar-refractivity contribution in [2.75, 3.05) is 18.1 Å². The van der Waals surface area contributed by atoms with E-state index in [4.69, 9.17) is 5.73 Å². The van der Waals surface area contributed by atoms with Crippen LogP contribution in [0.1, 0.15) is 18.1 Å². The molecule has 19 heavy (non-hydrogen) atoms. The van der Waals surface area contributed by atoms with Gasteiger partial charge < -0.3 is 10.8 Å². The molecule has 106 valence electrons. The number of rotatable bonds is 3. The zero-order valence-electron chi connectivity index (χ0n) is 10.1. The van der Waals surface area contributed by atoms with Gasteiger partial charge in [-0.15, -0.1) is 0 Å². The molecular formula is C12H15BrFNO3S. The van der Waals surface area contributed by atoms with E-state index in [1.807, 2.05) is 0 Å². The van der Waals surface area contributed by atoms with Crippen LogP contribution in [-0.2, 0) is 9.84 Å². The van der Waals surface area contributed by atoms with Crippen LogP contribution >= 0.6 is 15.9 Å². The lowest BCUT2D eigenvalue weighted by molar-refractivity contribution is 0.0442. The first-order valence-electron chi connectivity index (χ1n) is 5.83. The van der Waals surface area contributed by atoms with Crippen molar-refractivity contribution in [1.82, 2.24) is 0 Å². The fraction of sp³-hybridized carbons (Fsp3) is 0.500. The largest absolute Gasteiger partial charge is 0.388 e. The molecule has 2 rings (SSSR count). The Morgan fingerprint density at radius 3 is 2.68 bits per heavy atom. The maximum atomic E-state index is 13.9. The Balaban J connectivity index is 2.39. The Bertz CT molecular complexity index is 593. The first kappa shape index (κ1) is 14.9. The predicted molar refractivity (Wildman–Crippen MR) is 73.8 cm³/mol. The Kier molecular flexibility index (Phi) is 4.02. The highest BCUT2D eigenvalue weighted by molar-refractivity contribution is 9.10. The molecular weight excluding hydrogens is 337 g/mol. The standard InChI is InChI=1S/C12H15BrFNO3S/c13-8-1-2-9(10(14)5-8)11(16)12(6-15)3-4-19(17,18)7-12/h1-2,5,11,16H,3-4,6-7,15H2. The lowest BCUT2D eigenvalue weighted by Gasteiger charge is -2.32. The van der Waals surface area contributed by atoms with E-state index in [1.165, 1.54) is 12.1 Å². The van der Waals surface area contributed by atoms with Gasteiger partial charge in [0.05, 0.1) is 17.6 Å². The van der Waals surface area contributed by atoms with Gasteiger partial charge in [0.25, 0.3) is 0 Å². The molecule has 0 saturated carbocycles. The van der Waals surface area contributed by atoms with Crippen LogP contribution in [0.3, 0.4) is 0 Å². The van der Waals surface area contributed by atoms with E-state index in [2.05, 4.69) is 15.9 Å². The highest BCUT2D eigenvalue weighted by Crippen LogP contribution is 2.43. The molecule has 0 radical (unpaired) electrons. The lowest BCUT2D eigenvalue weighted by Crippen LogP contribution is -2.38. The molecule has 2 atom stereocenters. The van der Waals surface area contributed by atoms with Gasteiger partial charge in [-0.25, -0.2) is 12.8 Å². The summed E-state index contributed by atoms with van der Waals surface area (Å²) in [7, 11) is -3.21. The Hall–Kier alpha value is -0.500. The van der Waals surface area contributed by atoms with Crippen molar-refractivity contribution < 1.29 is 17.9 Å². The monoisotopic (exact) mass is 351 g/mol. The molecule has 1 heterocycles. The molecule has 1 aromatic rings. The SMILES string of the molecule is NCC1(C(O)c2ccc(Br)cc2F)CCS(=O)(=O)C1. The number of benzene rings is 1. The van der Waals surface area contributed by atoms with E-state index in [0.29, 0.717) is 4.47 Å². The lowest BCUT2D eigenvalue weighted by atomic mass is 9.78. The van der Waals surface area contributed by atoms with Gasteiger partial charge in [0, 0.05) is 22.0 Å². The molecule has 1 fully saturated rings. The third-order valence-corrected chi connectivity index (χ3v) is 6.00. The minimum absolute atomic E-state index is 0.00288. The first-order chi connectivity index (χ1) is 8.80. The molecule has 0 aliphatic carbocycles. The second kappa shape index (κ2) is 5.12. The van der Waals surface area contributed by atoms with Crippen molar-refractivity contribution in [2.45, 2.75) is 12.5 Å². The highest BCUT2D eigenvalue weighted by atomic mass is 79.9. The fourth-order valence-corrected chi connectivity index (χ4v) is 4.97. The second-order valence-corrected chi connectivity index (χ2v) is 8.08. The zero-order valence-corrected chi connectivity index (χ0v) is 12.5. The van der Waals surface area contributed by atoms with Gasteiger partial charge in [0.1, 0.15) is 5.82 Å². The summed E-state index contributed by atoms with van der Waals surface area (Å²) in [5.74, 6) is -0.786. The normalized spacial score (nSPS) is 27.4. The average molecular weight is 352 g/mol. The van der Waals surface area contributed by atoms with E-state index in [1.54, 1.807) is 6.07 Å². The molecule has 0 bridgehead atoms. The summed E-state index contributed by atoms with van der Waals surface area (Å²) in [6, 6.07) is 4.30. The number of nitrogens with two attached hydrogens (primary N) is 1. The van der Waals surface area contributed by atoms with Crippen LogP contribution in [0.4, 0.5) is 4.39 Å². The molecule has 1 aliphatic rings. The van der Waals surface area contributed by atoms with Crippen LogP contribution in [0.2, 0.25) is 0 Å². The molecule has 7 heteroatoms. The summed E-state index contributed by atoms with van der Waals surface area (Å²) in [5.41, 5.74) is 4.75. The van der Waals surface area contributed by atoms with Crippen molar-refractivity contribution >= 4 is 25.8 Å². The van der Waals surface area contributed by atoms with Crippen molar-refractivity contribution in [3.63, 3.8) is 0 Å². The number of aliphatic hydroxyl groups excluding tert-OH is 1. The van der Waals surface area contributed by atoms with Crippen LogP contribution in [0.15, 0.2) is 22.7 Å².